The average molecular weight is 478 g/mol. The lowest BCUT2D eigenvalue weighted by atomic mass is 10.2. The van der Waals surface area contributed by atoms with E-state index in [-0.39, 0.29) is 4.90 Å². The Morgan fingerprint density at radius 3 is 2.30 bits per heavy atom. The summed E-state index contributed by atoms with van der Waals surface area (Å²) in [7, 11) is -3.62. The van der Waals surface area contributed by atoms with Gasteiger partial charge in [-0.15, -0.1) is 0 Å². The van der Waals surface area contributed by atoms with Crippen LogP contribution in [0.15, 0.2) is 71.6 Å². The van der Waals surface area contributed by atoms with Gasteiger partial charge >= 0.3 is 0 Å². The Balaban J connectivity index is 1.46. The van der Waals surface area contributed by atoms with Crippen LogP contribution in [0.25, 0.3) is 0 Å². The first kappa shape index (κ1) is 20.9. The molecule has 0 aromatic heterocycles. The summed E-state index contributed by atoms with van der Waals surface area (Å²) in [5, 5.41) is 7.25. The SMILES string of the molecule is O=S(=O)(c1ccc(NC(=S)Nc2ccc(Cl)c(Cl)c2)cc1)N1CCc2ccccc21. The van der Waals surface area contributed by atoms with Gasteiger partial charge in [0.15, 0.2) is 5.11 Å². The molecular formula is C21H17Cl2N3O2S2. The zero-order valence-electron chi connectivity index (χ0n) is 15.6. The third-order valence-electron chi connectivity index (χ3n) is 4.72. The number of nitrogens with one attached hydrogen (secondary N) is 2. The minimum Gasteiger partial charge on any atom is -0.332 e. The number of hydrogen-bond acceptors (Lipinski definition) is 3. The highest BCUT2D eigenvalue weighted by molar-refractivity contribution is 7.92. The second-order valence-electron chi connectivity index (χ2n) is 6.69. The van der Waals surface area contributed by atoms with Gasteiger partial charge in [0.25, 0.3) is 10.0 Å². The van der Waals surface area contributed by atoms with Gasteiger partial charge in [-0.2, -0.15) is 0 Å². The van der Waals surface area contributed by atoms with Crippen molar-refractivity contribution in [1.82, 2.24) is 0 Å². The summed E-state index contributed by atoms with van der Waals surface area (Å²) in [6.07, 6.45) is 0.712. The number of halogens is 2. The summed E-state index contributed by atoms with van der Waals surface area (Å²) in [6, 6.07) is 19.2. The second-order valence-corrected chi connectivity index (χ2v) is 9.77. The van der Waals surface area contributed by atoms with Crippen LogP contribution in [0.2, 0.25) is 10.0 Å². The van der Waals surface area contributed by atoms with E-state index in [1.165, 1.54) is 4.31 Å². The molecule has 1 aliphatic rings. The molecule has 1 heterocycles. The molecule has 0 spiro atoms. The lowest BCUT2D eigenvalue weighted by Gasteiger charge is -2.20. The predicted octanol–water partition coefficient (Wildman–Crippen LogP) is 5.55. The molecule has 0 saturated heterocycles. The molecule has 154 valence electrons. The van der Waals surface area contributed by atoms with Crippen molar-refractivity contribution in [3.05, 3.63) is 82.3 Å². The Labute approximate surface area is 190 Å². The molecule has 0 atom stereocenters. The van der Waals surface area contributed by atoms with Gasteiger partial charge in [0.05, 0.1) is 20.6 Å². The smallest absolute Gasteiger partial charge is 0.264 e. The fourth-order valence-electron chi connectivity index (χ4n) is 3.26. The minimum atomic E-state index is -3.62. The summed E-state index contributed by atoms with van der Waals surface area (Å²) in [4.78, 5) is 0.230. The van der Waals surface area contributed by atoms with Crippen molar-refractivity contribution < 1.29 is 8.42 Å². The largest absolute Gasteiger partial charge is 0.332 e. The maximum Gasteiger partial charge on any atom is 0.264 e. The minimum absolute atomic E-state index is 0.230. The van der Waals surface area contributed by atoms with Crippen molar-refractivity contribution in [2.24, 2.45) is 0 Å². The number of sulfonamides is 1. The molecule has 0 unspecified atom stereocenters. The van der Waals surface area contributed by atoms with Crippen LogP contribution in [0.1, 0.15) is 5.56 Å². The van der Waals surface area contributed by atoms with Crippen molar-refractivity contribution in [3.63, 3.8) is 0 Å². The number of thiocarbonyl (C=S) groups is 1. The first-order valence-electron chi connectivity index (χ1n) is 9.08. The molecule has 3 aromatic rings. The molecule has 9 heteroatoms. The monoisotopic (exact) mass is 477 g/mol. The highest BCUT2D eigenvalue weighted by Crippen LogP contribution is 2.33. The summed E-state index contributed by atoms with van der Waals surface area (Å²) in [6.45, 7) is 0.444. The third kappa shape index (κ3) is 4.25. The quantitative estimate of drug-likeness (QED) is 0.482. The van der Waals surface area contributed by atoms with E-state index < -0.39 is 10.0 Å². The molecule has 4 rings (SSSR count). The van der Waals surface area contributed by atoms with Crippen LogP contribution in [-0.2, 0) is 16.4 Å². The van der Waals surface area contributed by atoms with Crippen molar-refractivity contribution in [1.29, 1.82) is 0 Å². The van der Waals surface area contributed by atoms with E-state index >= 15 is 0 Å². The molecular weight excluding hydrogens is 461 g/mol. The molecule has 5 nitrogen and oxygen atoms in total. The van der Waals surface area contributed by atoms with E-state index in [2.05, 4.69) is 10.6 Å². The zero-order valence-corrected chi connectivity index (χ0v) is 18.7. The van der Waals surface area contributed by atoms with Crippen molar-refractivity contribution in [2.45, 2.75) is 11.3 Å². The summed E-state index contributed by atoms with van der Waals surface area (Å²) < 4.78 is 27.6. The number of fused-ring (bicyclic) bond motifs is 1. The van der Waals surface area contributed by atoms with Crippen molar-refractivity contribution in [2.75, 3.05) is 21.5 Å². The molecule has 0 aliphatic carbocycles. The topological polar surface area (TPSA) is 61.4 Å². The molecule has 2 N–H and O–H groups in total. The normalized spacial score (nSPS) is 13.1. The molecule has 0 radical (unpaired) electrons. The first-order valence-corrected chi connectivity index (χ1v) is 11.7. The molecule has 0 saturated carbocycles. The Bertz CT molecular complexity index is 1220. The summed E-state index contributed by atoms with van der Waals surface area (Å²) in [5.74, 6) is 0. The van der Waals surface area contributed by atoms with Crippen LogP contribution in [0.3, 0.4) is 0 Å². The lowest BCUT2D eigenvalue weighted by molar-refractivity contribution is 0.592. The Morgan fingerprint density at radius 1 is 0.900 bits per heavy atom. The van der Waals surface area contributed by atoms with E-state index in [4.69, 9.17) is 35.4 Å². The van der Waals surface area contributed by atoms with Gasteiger partial charge < -0.3 is 10.6 Å². The van der Waals surface area contributed by atoms with Gasteiger partial charge in [-0.1, -0.05) is 41.4 Å². The van der Waals surface area contributed by atoms with Crippen molar-refractivity contribution in [3.8, 4) is 0 Å². The first-order chi connectivity index (χ1) is 14.3. The van der Waals surface area contributed by atoms with Crippen LogP contribution in [0.5, 0.6) is 0 Å². The Morgan fingerprint density at radius 2 is 1.57 bits per heavy atom. The highest BCUT2D eigenvalue weighted by Gasteiger charge is 2.30. The highest BCUT2D eigenvalue weighted by atomic mass is 35.5. The van der Waals surface area contributed by atoms with Gasteiger partial charge in [-0.3, -0.25) is 4.31 Å². The van der Waals surface area contributed by atoms with Crippen LogP contribution in [0.4, 0.5) is 17.1 Å². The zero-order chi connectivity index (χ0) is 21.3. The fraction of sp³-hybridized carbons (Fsp3) is 0.0952. The molecule has 0 bridgehead atoms. The molecule has 3 aromatic carbocycles. The lowest BCUT2D eigenvalue weighted by Crippen LogP contribution is -2.29. The fourth-order valence-corrected chi connectivity index (χ4v) is 5.30. The van der Waals surface area contributed by atoms with Gasteiger partial charge in [-0.05, 0) is 72.7 Å². The molecule has 0 fully saturated rings. The number of benzene rings is 3. The molecule has 30 heavy (non-hydrogen) atoms. The van der Waals surface area contributed by atoms with Gasteiger partial charge in [0, 0.05) is 17.9 Å². The van der Waals surface area contributed by atoms with Crippen LogP contribution < -0.4 is 14.9 Å². The van der Waals surface area contributed by atoms with E-state index in [9.17, 15) is 8.42 Å². The number of rotatable bonds is 4. The van der Waals surface area contributed by atoms with E-state index in [0.29, 0.717) is 39.5 Å². The maximum absolute atomic E-state index is 13.1. The van der Waals surface area contributed by atoms with Gasteiger partial charge in [0.2, 0.25) is 0 Å². The molecule has 0 amide bonds. The summed E-state index contributed by atoms with van der Waals surface area (Å²) >= 11 is 17.2. The number of anilines is 3. The number of para-hydroxylation sites is 1. The number of nitrogens with zero attached hydrogens (tertiary/aromatic N) is 1. The van der Waals surface area contributed by atoms with Gasteiger partial charge in [0.1, 0.15) is 0 Å². The van der Waals surface area contributed by atoms with Crippen molar-refractivity contribution >= 4 is 67.6 Å². The van der Waals surface area contributed by atoms with Crippen LogP contribution in [-0.4, -0.2) is 20.1 Å². The third-order valence-corrected chi connectivity index (χ3v) is 7.49. The average Bonchev–Trinajstić information content (AvgIpc) is 3.16. The van der Waals surface area contributed by atoms with E-state index in [0.717, 1.165) is 11.3 Å². The van der Waals surface area contributed by atoms with Crippen LogP contribution >= 0.6 is 35.4 Å². The summed E-state index contributed by atoms with van der Waals surface area (Å²) in [5.41, 5.74) is 3.13. The standard InChI is InChI=1S/C21H17Cl2N3O2S2/c22-18-10-7-16(13-19(18)23)25-21(29)24-15-5-8-17(9-6-15)30(27,28)26-12-11-14-3-1-2-4-20(14)26/h1-10,13H,11-12H2,(H2,24,25,29). The van der Waals surface area contributed by atoms with E-state index in [1.54, 1.807) is 42.5 Å². The number of hydrogen-bond donors (Lipinski definition) is 2. The Kier molecular flexibility index (Phi) is 5.88. The van der Waals surface area contributed by atoms with Crippen LogP contribution in [0, 0.1) is 0 Å². The predicted molar refractivity (Wildman–Crippen MR) is 127 cm³/mol. The molecule has 1 aliphatic heterocycles. The van der Waals surface area contributed by atoms with E-state index in [1.807, 2.05) is 24.3 Å². The van der Waals surface area contributed by atoms with Gasteiger partial charge in [-0.25, -0.2) is 8.42 Å². The second kappa shape index (κ2) is 8.43. The Hall–Kier alpha value is -2.32. The maximum atomic E-state index is 13.1.